The molecule has 140 valence electrons. The molecule has 0 bridgehead atoms. The van der Waals surface area contributed by atoms with E-state index in [1.807, 2.05) is 4.90 Å². The summed E-state index contributed by atoms with van der Waals surface area (Å²) in [5.41, 5.74) is 1.45. The fraction of sp³-hybridized carbons (Fsp3) is 0.667. The van der Waals surface area contributed by atoms with Crippen LogP contribution in [0.4, 0.5) is 0 Å². The van der Waals surface area contributed by atoms with Crippen LogP contribution in [0.1, 0.15) is 78.1 Å². The van der Waals surface area contributed by atoms with Crippen LogP contribution in [-0.2, 0) is 24.2 Å². The smallest absolute Gasteiger partial charge is 0.276 e. The molecule has 2 aromatic rings. The molecule has 26 heavy (non-hydrogen) atoms. The zero-order chi connectivity index (χ0) is 17.9. The Hall–Kier alpha value is -2.22. The topological polar surface area (TPSA) is 94.5 Å². The van der Waals surface area contributed by atoms with E-state index in [0.29, 0.717) is 24.0 Å². The monoisotopic (exact) mass is 360 g/mol. The van der Waals surface area contributed by atoms with Crippen molar-refractivity contribution in [3.8, 4) is 0 Å². The van der Waals surface area contributed by atoms with Gasteiger partial charge in [-0.3, -0.25) is 4.79 Å². The number of methoxy groups -OCH3 is 1. The second-order valence-corrected chi connectivity index (χ2v) is 6.98. The molecule has 1 aliphatic heterocycles. The van der Waals surface area contributed by atoms with Gasteiger partial charge in [-0.1, -0.05) is 23.2 Å². The number of nitrogens with zero attached hydrogens (tertiary/aromatic N) is 4. The normalized spacial score (nSPS) is 20.7. The molecule has 0 unspecified atom stereocenters. The fourth-order valence-electron chi connectivity index (χ4n) is 3.89. The van der Waals surface area contributed by atoms with Crippen LogP contribution < -0.4 is 0 Å². The summed E-state index contributed by atoms with van der Waals surface area (Å²) >= 11 is 0. The Bertz CT molecular complexity index is 769. The SMILES string of the molecule is COCc1nc([C@H]2CCCCCN2C(=O)c2noc3c2CCCC3)no1. The van der Waals surface area contributed by atoms with Crippen molar-refractivity contribution in [2.75, 3.05) is 13.7 Å². The minimum absolute atomic E-state index is 0.0816. The van der Waals surface area contributed by atoms with Gasteiger partial charge in [0.05, 0.1) is 6.04 Å². The van der Waals surface area contributed by atoms with Gasteiger partial charge in [-0.25, -0.2) is 0 Å². The van der Waals surface area contributed by atoms with E-state index in [4.69, 9.17) is 13.8 Å². The molecule has 1 aliphatic carbocycles. The average molecular weight is 360 g/mol. The first kappa shape index (κ1) is 17.2. The first-order valence-electron chi connectivity index (χ1n) is 9.37. The van der Waals surface area contributed by atoms with Gasteiger partial charge in [-0.05, 0) is 32.1 Å². The van der Waals surface area contributed by atoms with Crippen molar-refractivity contribution in [1.82, 2.24) is 20.2 Å². The number of likely N-dealkylation sites (tertiary alicyclic amines) is 1. The van der Waals surface area contributed by atoms with E-state index >= 15 is 0 Å². The van der Waals surface area contributed by atoms with Crippen molar-refractivity contribution in [3.63, 3.8) is 0 Å². The van der Waals surface area contributed by atoms with E-state index < -0.39 is 0 Å². The summed E-state index contributed by atoms with van der Waals surface area (Å²) in [6.45, 7) is 0.934. The maximum Gasteiger partial charge on any atom is 0.276 e. The van der Waals surface area contributed by atoms with Crippen LogP contribution in [-0.4, -0.2) is 39.8 Å². The third-order valence-electron chi connectivity index (χ3n) is 5.22. The van der Waals surface area contributed by atoms with Crippen molar-refractivity contribution in [1.29, 1.82) is 0 Å². The summed E-state index contributed by atoms with van der Waals surface area (Å²) in [5, 5.41) is 8.21. The number of hydrogen-bond acceptors (Lipinski definition) is 7. The lowest BCUT2D eigenvalue weighted by atomic mass is 9.96. The summed E-state index contributed by atoms with van der Waals surface area (Å²) in [4.78, 5) is 19.6. The van der Waals surface area contributed by atoms with Crippen molar-refractivity contribution < 1.29 is 18.6 Å². The maximum absolute atomic E-state index is 13.3. The number of ether oxygens (including phenoxy) is 1. The molecule has 8 nitrogen and oxygen atoms in total. The molecule has 0 spiro atoms. The summed E-state index contributed by atoms with van der Waals surface area (Å²) in [5.74, 6) is 1.76. The van der Waals surface area contributed by atoms with Crippen LogP contribution >= 0.6 is 0 Å². The van der Waals surface area contributed by atoms with Gasteiger partial charge in [0.2, 0.25) is 0 Å². The van der Waals surface area contributed by atoms with E-state index in [1.54, 1.807) is 7.11 Å². The molecule has 0 aromatic carbocycles. The zero-order valence-corrected chi connectivity index (χ0v) is 15.1. The molecule has 1 amide bonds. The van der Waals surface area contributed by atoms with Crippen molar-refractivity contribution in [2.24, 2.45) is 0 Å². The molecule has 0 radical (unpaired) electrons. The van der Waals surface area contributed by atoms with Crippen LogP contribution in [0, 0.1) is 0 Å². The highest BCUT2D eigenvalue weighted by atomic mass is 16.5. The van der Waals surface area contributed by atoms with Gasteiger partial charge in [0, 0.05) is 25.6 Å². The molecule has 2 aliphatic rings. The van der Waals surface area contributed by atoms with Gasteiger partial charge in [0.25, 0.3) is 11.8 Å². The molecule has 4 rings (SSSR count). The van der Waals surface area contributed by atoms with Crippen LogP contribution in [0.15, 0.2) is 9.05 Å². The second kappa shape index (κ2) is 7.57. The summed E-state index contributed by atoms with van der Waals surface area (Å²) in [6, 6.07) is -0.199. The standard InChI is InChI=1S/C18H24N4O4/c1-24-11-15-19-17(21-26-15)13-8-3-2-6-10-22(13)18(23)16-12-7-4-5-9-14(12)25-20-16/h13H,2-11H2,1H3/t13-/m1/s1. The Morgan fingerprint density at radius 3 is 2.92 bits per heavy atom. The highest BCUT2D eigenvalue weighted by Crippen LogP contribution is 2.32. The maximum atomic E-state index is 13.3. The summed E-state index contributed by atoms with van der Waals surface area (Å²) in [6.07, 6.45) is 7.78. The van der Waals surface area contributed by atoms with E-state index in [0.717, 1.165) is 62.7 Å². The van der Waals surface area contributed by atoms with Crippen LogP contribution in [0.25, 0.3) is 0 Å². The summed E-state index contributed by atoms with van der Waals surface area (Å²) in [7, 11) is 1.58. The number of fused-ring (bicyclic) bond motifs is 1. The van der Waals surface area contributed by atoms with Gasteiger partial charge in [0.1, 0.15) is 12.4 Å². The minimum Gasteiger partial charge on any atom is -0.375 e. The Morgan fingerprint density at radius 1 is 1.15 bits per heavy atom. The first-order chi connectivity index (χ1) is 12.8. The van der Waals surface area contributed by atoms with Gasteiger partial charge >= 0.3 is 0 Å². The Labute approximate surface area is 151 Å². The second-order valence-electron chi connectivity index (χ2n) is 6.98. The number of amides is 1. The van der Waals surface area contributed by atoms with Crippen molar-refractivity contribution in [2.45, 2.75) is 64.0 Å². The third-order valence-corrected chi connectivity index (χ3v) is 5.22. The largest absolute Gasteiger partial charge is 0.375 e. The van der Waals surface area contributed by atoms with Crippen molar-refractivity contribution in [3.05, 3.63) is 28.7 Å². The molecular formula is C18H24N4O4. The molecule has 1 atom stereocenters. The summed E-state index contributed by atoms with van der Waals surface area (Å²) < 4.78 is 15.7. The lowest BCUT2D eigenvalue weighted by molar-refractivity contribution is 0.0658. The number of carbonyl (C=O) groups is 1. The van der Waals surface area contributed by atoms with E-state index in [9.17, 15) is 4.79 Å². The Morgan fingerprint density at radius 2 is 2.04 bits per heavy atom. The predicted octanol–water partition coefficient (Wildman–Crippen LogP) is 2.84. The highest BCUT2D eigenvalue weighted by molar-refractivity contribution is 5.94. The lowest BCUT2D eigenvalue weighted by Gasteiger charge is -2.27. The quantitative estimate of drug-likeness (QED) is 0.827. The van der Waals surface area contributed by atoms with E-state index in [2.05, 4.69) is 15.3 Å². The van der Waals surface area contributed by atoms with E-state index in [1.165, 1.54) is 0 Å². The lowest BCUT2D eigenvalue weighted by Crippen LogP contribution is -2.36. The molecule has 1 saturated heterocycles. The number of aryl methyl sites for hydroxylation is 1. The number of aromatic nitrogens is 3. The number of hydrogen-bond donors (Lipinski definition) is 0. The minimum atomic E-state index is -0.199. The third kappa shape index (κ3) is 3.25. The van der Waals surface area contributed by atoms with Gasteiger partial charge in [-0.2, -0.15) is 4.98 Å². The molecule has 0 N–H and O–H groups in total. The number of carbonyl (C=O) groups excluding carboxylic acids is 1. The Balaban J connectivity index is 1.62. The van der Waals surface area contributed by atoms with Crippen LogP contribution in [0.5, 0.6) is 0 Å². The first-order valence-corrected chi connectivity index (χ1v) is 9.37. The van der Waals surface area contributed by atoms with Gasteiger partial charge < -0.3 is 18.7 Å². The Kier molecular flexibility index (Phi) is 5.01. The molecule has 2 aromatic heterocycles. The van der Waals surface area contributed by atoms with Crippen LogP contribution in [0.3, 0.4) is 0 Å². The highest BCUT2D eigenvalue weighted by Gasteiger charge is 2.34. The predicted molar refractivity (Wildman–Crippen MR) is 90.4 cm³/mol. The molecular weight excluding hydrogens is 336 g/mol. The number of rotatable bonds is 4. The molecule has 8 heteroatoms. The molecule has 3 heterocycles. The van der Waals surface area contributed by atoms with Crippen LogP contribution in [0.2, 0.25) is 0 Å². The average Bonchev–Trinajstić information content (AvgIpc) is 3.22. The van der Waals surface area contributed by atoms with E-state index in [-0.39, 0.29) is 18.6 Å². The molecule has 0 saturated carbocycles. The van der Waals surface area contributed by atoms with Crippen molar-refractivity contribution >= 4 is 5.91 Å². The molecule has 1 fully saturated rings. The van der Waals surface area contributed by atoms with Gasteiger partial charge in [-0.15, -0.1) is 0 Å². The van der Waals surface area contributed by atoms with Gasteiger partial charge in [0.15, 0.2) is 11.5 Å². The zero-order valence-electron chi connectivity index (χ0n) is 15.1. The fourth-order valence-corrected chi connectivity index (χ4v) is 3.89.